The Morgan fingerprint density at radius 3 is 2.76 bits per heavy atom. The fraction of sp³-hybridized carbons (Fsp3) is 0.348. The van der Waals surface area contributed by atoms with Crippen LogP contribution in [0.1, 0.15) is 29.5 Å². The summed E-state index contributed by atoms with van der Waals surface area (Å²) in [7, 11) is 0. The van der Waals surface area contributed by atoms with Crippen molar-refractivity contribution in [3.8, 4) is 0 Å². The molecule has 2 atom stereocenters. The van der Waals surface area contributed by atoms with Crippen molar-refractivity contribution in [2.45, 2.75) is 32.6 Å². The molecule has 0 radical (unpaired) electrons. The van der Waals surface area contributed by atoms with Crippen LogP contribution < -0.4 is 10.6 Å². The van der Waals surface area contributed by atoms with Gasteiger partial charge in [-0.2, -0.15) is 0 Å². The minimum atomic E-state index is -0.935. The Kier molecular flexibility index (Phi) is 6.65. The lowest BCUT2D eigenvalue weighted by Gasteiger charge is -2.24. The molecule has 0 saturated heterocycles. The highest BCUT2D eigenvalue weighted by Crippen LogP contribution is 2.27. The van der Waals surface area contributed by atoms with E-state index in [0.717, 1.165) is 22.4 Å². The van der Waals surface area contributed by atoms with Gasteiger partial charge in [-0.3, -0.25) is 14.4 Å². The molecule has 0 fully saturated rings. The molecule has 1 aliphatic rings. The number of amides is 2. The second-order valence-electron chi connectivity index (χ2n) is 7.62. The highest BCUT2D eigenvalue weighted by Gasteiger charge is 2.26. The average molecular weight is 394 g/mol. The van der Waals surface area contributed by atoms with Gasteiger partial charge in [0.05, 0.1) is 5.92 Å². The molecule has 2 aromatic carbocycles. The number of rotatable bonds is 8. The molecule has 0 aromatic heterocycles. The number of fused-ring (bicyclic) bond motifs is 1. The third kappa shape index (κ3) is 5.67. The molecule has 2 amide bonds. The molecule has 3 N–H and O–H groups in total. The largest absolute Gasteiger partial charge is 0.481 e. The van der Waals surface area contributed by atoms with Crippen LogP contribution in [0.4, 0.5) is 5.69 Å². The lowest BCUT2D eigenvalue weighted by Crippen LogP contribution is -2.35. The van der Waals surface area contributed by atoms with Gasteiger partial charge < -0.3 is 15.7 Å². The van der Waals surface area contributed by atoms with Crippen LogP contribution in [-0.2, 0) is 27.2 Å². The van der Waals surface area contributed by atoms with E-state index in [0.29, 0.717) is 19.3 Å². The molecule has 0 saturated carbocycles. The Balaban J connectivity index is 1.48. The number of hydrogen-bond donors (Lipinski definition) is 3. The number of anilines is 1. The molecule has 2 aromatic rings. The number of para-hydroxylation sites is 1. The molecule has 1 aliphatic heterocycles. The van der Waals surface area contributed by atoms with Crippen LogP contribution in [0, 0.1) is 18.8 Å². The molecule has 0 bridgehead atoms. The van der Waals surface area contributed by atoms with E-state index in [9.17, 15) is 19.5 Å². The molecular formula is C23H26N2O4. The van der Waals surface area contributed by atoms with Crippen molar-refractivity contribution in [2.24, 2.45) is 11.8 Å². The monoisotopic (exact) mass is 394 g/mol. The van der Waals surface area contributed by atoms with Crippen molar-refractivity contribution in [3.63, 3.8) is 0 Å². The average Bonchev–Trinajstić information content (AvgIpc) is 2.69. The third-order valence-electron chi connectivity index (χ3n) is 5.29. The van der Waals surface area contributed by atoms with Gasteiger partial charge >= 0.3 is 5.97 Å². The van der Waals surface area contributed by atoms with Crippen molar-refractivity contribution in [1.82, 2.24) is 5.32 Å². The summed E-state index contributed by atoms with van der Waals surface area (Å²) < 4.78 is 0. The summed E-state index contributed by atoms with van der Waals surface area (Å²) in [5, 5.41) is 15.1. The van der Waals surface area contributed by atoms with E-state index in [1.54, 1.807) is 0 Å². The predicted molar refractivity (Wildman–Crippen MR) is 111 cm³/mol. The lowest BCUT2D eigenvalue weighted by atomic mass is 9.89. The SMILES string of the molecule is Cc1cccc(CC(CNC(=O)CCC2Cc3ccccc3NC2=O)C(=O)O)c1. The zero-order valence-electron chi connectivity index (χ0n) is 16.5. The van der Waals surface area contributed by atoms with Gasteiger partial charge in [0.15, 0.2) is 0 Å². The summed E-state index contributed by atoms with van der Waals surface area (Å²) in [6.07, 6.45) is 1.60. The molecule has 6 nitrogen and oxygen atoms in total. The van der Waals surface area contributed by atoms with Crippen LogP contribution in [0.25, 0.3) is 0 Å². The Labute approximate surface area is 170 Å². The Morgan fingerprint density at radius 1 is 1.21 bits per heavy atom. The number of carbonyl (C=O) groups excluding carboxylic acids is 2. The van der Waals surface area contributed by atoms with Crippen LogP contribution in [-0.4, -0.2) is 29.4 Å². The Bertz CT molecular complexity index is 909. The van der Waals surface area contributed by atoms with Crippen molar-refractivity contribution in [3.05, 3.63) is 65.2 Å². The topological polar surface area (TPSA) is 95.5 Å². The maximum absolute atomic E-state index is 12.2. The van der Waals surface area contributed by atoms with E-state index in [-0.39, 0.29) is 30.7 Å². The van der Waals surface area contributed by atoms with Gasteiger partial charge in [-0.15, -0.1) is 0 Å². The minimum Gasteiger partial charge on any atom is -0.481 e. The molecule has 2 unspecified atom stereocenters. The number of carboxylic acids is 1. The summed E-state index contributed by atoms with van der Waals surface area (Å²) in [5.41, 5.74) is 3.91. The quantitative estimate of drug-likeness (QED) is 0.641. The summed E-state index contributed by atoms with van der Waals surface area (Å²) in [4.78, 5) is 36.0. The number of aryl methyl sites for hydroxylation is 1. The van der Waals surface area contributed by atoms with Crippen molar-refractivity contribution in [1.29, 1.82) is 0 Å². The number of aliphatic carboxylic acids is 1. The second-order valence-corrected chi connectivity index (χ2v) is 7.62. The van der Waals surface area contributed by atoms with Crippen molar-refractivity contribution < 1.29 is 19.5 Å². The van der Waals surface area contributed by atoms with Gasteiger partial charge in [0.25, 0.3) is 0 Å². The van der Waals surface area contributed by atoms with Crippen LogP contribution in [0.3, 0.4) is 0 Å². The number of hydrogen-bond acceptors (Lipinski definition) is 3. The molecule has 6 heteroatoms. The first-order valence-electron chi connectivity index (χ1n) is 9.86. The zero-order chi connectivity index (χ0) is 20.8. The van der Waals surface area contributed by atoms with E-state index >= 15 is 0 Å². The van der Waals surface area contributed by atoms with Gasteiger partial charge in [0.1, 0.15) is 0 Å². The Morgan fingerprint density at radius 2 is 2.00 bits per heavy atom. The van der Waals surface area contributed by atoms with E-state index < -0.39 is 11.9 Å². The molecule has 152 valence electrons. The van der Waals surface area contributed by atoms with Gasteiger partial charge in [0.2, 0.25) is 11.8 Å². The van der Waals surface area contributed by atoms with Crippen molar-refractivity contribution >= 4 is 23.5 Å². The first-order chi connectivity index (χ1) is 13.9. The molecule has 0 aliphatic carbocycles. The summed E-state index contributed by atoms with van der Waals surface area (Å²) in [6, 6.07) is 15.4. The molecule has 3 rings (SSSR count). The fourth-order valence-corrected chi connectivity index (χ4v) is 3.65. The maximum atomic E-state index is 12.2. The highest BCUT2D eigenvalue weighted by atomic mass is 16.4. The van der Waals surface area contributed by atoms with Crippen LogP contribution in [0.5, 0.6) is 0 Å². The maximum Gasteiger partial charge on any atom is 0.308 e. The van der Waals surface area contributed by atoms with E-state index in [4.69, 9.17) is 0 Å². The van der Waals surface area contributed by atoms with Crippen LogP contribution in [0.15, 0.2) is 48.5 Å². The smallest absolute Gasteiger partial charge is 0.308 e. The molecule has 1 heterocycles. The summed E-state index contributed by atoms with van der Waals surface area (Å²) >= 11 is 0. The highest BCUT2D eigenvalue weighted by molar-refractivity contribution is 5.96. The minimum absolute atomic E-state index is 0.0700. The van der Waals surface area contributed by atoms with Crippen LogP contribution >= 0.6 is 0 Å². The number of carboxylic acid groups (broad SMARTS) is 1. The summed E-state index contributed by atoms with van der Waals surface area (Å²) in [6.45, 7) is 2.03. The molecule has 0 spiro atoms. The van der Waals surface area contributed by atoms with Gasteiger partial charge in [-0.25, -0.2) is 0 Å². The van der Waals surface area contributed by atoms with Gasteiger partial charge in [-0.1, -0.05) is 48.0 Å². The normalized spacial score (nSPS) is 16.4. The van der Waals surface area contributed by atoms with Gasteiger partial charge in [0, 0.05) is 24.6 Å². The van der Waals surface area contributed by atoms with Gasteiger partial charge in [-0.05, 0) is 43.4 Å². The van der Waals surface area contributed by atoms with E-state index in [2.05, 4.69) is 10.6 Å². The number of nitrogens with one attached hydrogen (secondary N) is 2. The van der Waals surface area contributed by atoms with E-state index in [1.807, 2.05) is 55.5 Å². The van der Waals surface area contributed by atoms with Crippen molar-refractivity contribution in [2.75, 3.05) is 11.9 Å². The second kappa shape index (κ2) is 9.37. The third-order valence-corrected chi connectivity index (χ3v) is 5.29. The Hall–Kier alpha value is -3.15. The first-order valence-corrected chi connectivity index (χ1v) is 9.86. The summed E-state index contributed by atoms with van der Waals surface area (Å²) in [5.74, 6) is -2.18. The van der Waals surface area contributed by atoms with E-state index in [1.165, 1.54) is 0 Å². The lowest BCUT2D eigenvalue weighted by molar-refractivity contribution is -0.141. The molecular weight excluding hydrogens is 368 g/mol. The standard InChI is InChI=1S/C23H26N2O4/c1-15-5-4-6-16(11-15)12-19(23(28)29)14-24-21(26)10-9-18-13-17-7-2-3-8-20(17)25-22(18)27/h2-8,11,18-19H,9-10,12-14H2,1H3,(H,24,26)(H,25,27)(H,28,29). The van der Waals surface area contributed by atoms with Crippen LogP contribution in [0.2, 0.25) is 0 Å². The number of carbonyl (C=O) groups is 3. The first kappa shape index (κ1) is 20.6. The fourth-order valence-electron chi connectivity index (χ4n) is 3.65. The zero-order valence-corrected chi connectivity index (χ0v) is 16.5. The number of benzene rings is 2. The predicted octanol–water partition coefficient (Wildman–Crippen LogP) is 2.95. The molecule has 29 heavy (non-hydrogen) atoms.